The minimum atomic E-state index is -0.543. The van der Waals surface area contributed by atoms with Crippen LogP contribution in [-0.4, -0.2) is 24.9 Å². The van der Waals surface area contributed by atoms with Gasteiger partial charge in [0.05, 0.1) is 5.92 Å². The lowest BCUT2D eigenvalue weighted by molar-refractivity contribution is -0.155. The third-order valence-electron chi connectivity index (χ3n) is 2.98. The molecule has 0 aliphatic heterocycles. The lowest BCUT2D eigenvalue weighted by atomic mass is 9.80. The van der Waals surface area contributed by atoms with Crippen LogP contribution in [0.4, 0.5) is 0 Å². The van der Waals surface area contributed by atoms with E-state index in [1.807, 2.05) is 0 Å². The van der Waals surface area contributed by atoms with Crippen LogP contribution in [0.1, 0.15) is 32.1 Å². The average Bonchev–Trinajstić information content (AvgIpc) is 2.30. The molecule has 1 fully saturated rings. The Bertz CT molecular complexity index is 303. The smallest absolute Gasteiger partial charge is 0.316 e. The molecule has 1 aliphatic carbocycles. The number of hydrogen-bond acceptors (Lipinski definition) is 6. The highest BCUT2D eigenvalue weighted by atomic mass is 16.6. The molecule has 0 heterocycles. The van der Waals surface area contributed by atoms with Gasteiger partial charge in [-0.3, -0.25) is 19.2 Å². The van der Waals surface area contributed by atoms with Crippen molar-refractivity contribution < 1.29 is 28.7 Å². The Morgan fingerprint density at radius 2 is 1.59 bits per heavy atom. The monoisotopic (exact) mass is 242 g/mol. The summed E-state index contributed by atoms with van der Waals surface area (Å²) in [6, 6.07) is 0. The molecule has 1 saturated carbocycles. The Morgan fingerprint density at radius 1 is 1.00 bits per heavy atom. The van der Waals surface area contributed by atoms with Crippen LogP contribution >= 0.6 is 0 Å². The van der Waals surface area contributed by atoms with Gasteiger partial charge in [-0.2, -0.15) is 0 Å². The summed E-state index contributed by atoms with van der Waals surface area (Å²) in [6.07, 6.45) is 2.74. The van der Waals surface area contributed by atoms with Crippen LogP contribution in [0.2, 0.25) is 0 Å². The fourth-order valence-electron chi connectivity index (χ4n) is 2.08. The fourth-order valence-corrected chi connectivity index (χ4v) is 2.08. The van der Waals surface area contributed by atoms with Crippen LogP contribution < -0.4 is 0 Å². The Kier molecular flexibility index (Phi) is 5.32. The summed E-state index contributed by atoms with van der Waals surface area (Å²) in [4.78, 5) is 42.2. The van der Waals surface area contributed by atoms with E-state index in [0.717, 1.165) is 0 Å². The standard InChI is InChI=1S/C11H14O6/c12-6-16-10(14)5-8-1-3-9(4-2-8)11(15)17-7-13/h6-9H,1-5H2. The van der Waals surface area contributed by atoms with Crippen LogP contribution in [0.25, 0.3) is 0 Å². The maximum Gasteiger partial charge on any atom is 0.316 e. The Balaban J connectivity index is 2.30. The molecule has 0 N–H and O–H groups in total. The Labute approximate surface area is 98.3 Å². The van der Waals surface area contributed by atoms with Gasteiger partial charge in [0.2, 0.25) is 0 Å². The molecule has 0 aromatic carbocycles. The Hall–Kier alpha value is -1.72. The first kappa shape index (κ1) is 13.3. The zero-order valence-corrected chi connectivity index (χ0v) is 9.29. The van der Waals surface area contributed by atoms with Gasteiger partial charge >= 0.3 is 24.9 Å². The van der Waals surface area contributed by atoms with Crippen molar-refractivity contribution in [1.29, 1.82) is 0 Å². The first-order valence-electron chi connectivity index (χ1n) is 5.44. The zero-order valence-electron chi connectivity index (χ0n) is 9.29. The average molecular weight is 242 g/mol. The molecule has 0 spiro atoms. The molecule has 6 nitrogen and oxygen atoms in total. The number of carbonyl (C=O) groups excluding carboxylic acids is 4. The van der Waals surface area contributed by atoms with E-state index in [4.69, 9.17) is 0 Å². The van der Waals surface area contributed by atoms with Gasteiger partial charge in [0, 0.05) is 6.42 Å². The third-order valence-corrected chi connectivity index (χ3v) is 2.98. The van der Waals surface area contributed by atoms with E-state index in [1.165, 1.54) is 0 Å². The van der Waals surface area contributed by atoms with Crippen LogP contribution in [-0.2, 0) is 28.7 Å². The summed E-state index contributed by atoms with van der Waals surface area (Å²) in [6.45, 7) is 0.255. The maximum absolute atomic E-state index is 11.2. The molecule has 0 aromatic rings. The third kappa shape index (κ3) is 4.34. The molecular weight excluding hydrogens is 228 g/mol. The van der Waals surface area contributed by atoms with Crippen LogP contribution in [0.3, 0.4) is 0 Å². The van der Waals surface area contributed by atoms with Crippen molar-refractivity contribution >= 4 is 24.9 Å². The molecule has 94 valence electrons. The van der Waals surface area contributed by atoms with E-state index < -0.39 is 11.9 Å². The molecular formula is C11H14O6. The molecule has 0 bridgehead atoms. The predicted molar refractivity (Wildman–Crippen MR) is 54.4 cm³/mol. The van der Waals surface area contributed by atoms with E-state index in [2.05, 4.69) is 9.47 Å². The fraction of sp³-hybridized carbons (Fsp3) is 0.636. The first-order valence-corrected chi connectivity index (χ1v) is 5.44. The van der Waals surface area contributed by atoms with Gasteiger partial charge in [0.1, 0.15) is 0 Å². The highest BCUT2D eigenvalue weighted by Crippen LogP contribution is 2.31. The quantitative estimate of drug-likeness (QED) is 0.398. The Morgan fingerprint density at radius 3 is 2.12 bits per heavy atom. The molecule has 0 saturated heterocycles. The predicted octanol–water partition coefficient (Wildman–Crippen LogP) is 0.582. The van der Waals surface area contributed by atoms with Gasteiger partial charge in [-0.05, 0) is 31.6 Å². The minimum absolute atomic E-state index is 0.120. The molecule has 0 unspecified atom stereocenters. The lowest BCUT2D eigenvalue weighted by Crippen LogP contribution is -2.24. The van der Waals surface area contributed by atoms with Gasteiger partial charge in [0.15, 0.2) is 0 Å². The van der Waals surface area contributed by atoms with Gasteiger partial charge in [-0.1, -0.05) is 0 Å². The zero-order chi connectivity index (χ0) is 12.7. The summed E-state index contributed by atoms with van der Waals surface area (Å²) >= 11 is 0. The second kappa shape index (κ2) is 6.78. The molecule has 0 aromatic heterocycles. The molecule has 0 radical (unpaired) electrons. The van der Waals surface area contributed by atoms with Gasteiger partial charge < -0.3 is 9.47 Å². The largest absolute Gasteiger partial charge is 0.395 e. The van der Waals surface area contributed by atoms with Crippen LogP contribution in [0.15, 0.2) is 0 Å². The summed E-state index contributed by atoms with van der Waals surface area (Å²) < 4.78 is 8.48. The highest BCUT2D eigenvalue weighted by Gasteiger charge is 2.28. The molecule has 6 heteroatoms. The van der Waals surface area contributed by atoms with Crippen molar-refractivity contribution in [2.24, 2.45) is 11.8 Å². The number of rotatable bonds is 5. The van der Waals surface area contributed by atoms with E-state index >= 15 is 0 Å². The SMILES string of the molecule is O=COC(=O)CC1CCC(C(=O)OC=O)CC1. The van der Waals surface area contributed by atoms with E-state index in [1.54, 1.807) is 0 Å². The molecule has 17 heavy (non-hydrogen) atoms. The maximum atomic E-state index is 11.2. The number of hydrogen-bond donors (Lipinski definition) is 0. The molecule has 1 rings (SSSR count). The van der Waals surface area contributed by atoms with Crippen LogP contribution in [0, 0.1) is 11.8 Å². The lowest BCUT2D eigenvalue weighted by Gasteiger charge is -2.25. The summed E-state index contributed by atoms with van der Waals surface area (Å²) in [5.74, 6) is -1.19. The van der Waals surface area contributed by atoms with E-state index in [9.17, 15) is 19.2 Å². The van der Waals surface area contributed by atoms with E-state index in [-0.39, 0.29) is 31.2 Å². The van der Waals surface area contributed by atoms with Crippen molar-refractivity contribution in [3.63, 3.8) is 0 Å². The summed E-state index contributed by atoms with van der Waals surface area (Å²) in [5.41, 5.74) is 0. The molecule has 1 aliphatic rings. The van der Waals surface area contributed by atoms with Crippen molar-refractivity contribution in [3.8, 4) is 0 Å². The topological polar surface area (TPSA) is 86.7 Å². The number of ether oxygens (including phenoxy) is 2. The van der Waals surface area contributed by atoms with E-state index in [0.29, 0.717) is 25.7 Å². The van der Waals surface area contributed by atoms with Gasteiger partial charge in [-0.15, -0.1) is 0 Å². The van der Waals surface area contributed by atoms with Gasteiger partial charge in [-0.25, -0.2) is 0 Å². The van der Waals surface area contributed by atoms with Gasteiger partial charge in [0.25, 0.3) is 0 Å². The normalized spacial score (nSPS) is 23.5. The molecule has 0 atom stereocenters. The highest BCUT2D eigenvalue weighted by molar-refractivity contribution is 5.79. The second-order valence-corrected chi connectivity index (χ2v) is 4.04. The van der Waals surface area contributed by atoms with Crippen molar-refractivity contribution in [2.75, 3.05) is 0 Å². The first-order chi connectivity index (χ1) is 8.17. The number of carbonyl (C=O) groups is 4. The summed E-state index contributed by atoms with van der Waals surface area (Å²) in [7, 11) is 0. The second-order valence-electron chi connectivity index (χ2n) is 4.04. The summed E-state index contributed by atoms with van der Waals surface area (Å²) in [5, 5.41) is 0. The number of esters is 2. The van der Waals surface area contributed by atoms with Crippen molar-refractivity contribution in [1.82, 2.24) is 0 Å². The minimum Gasteiger partial charge on any atom is -0.395 e. The van der Waals surface area contributed by atoms with Crippen molar-refractivity contribution in [2.45, 2.75) is 32.1 Å². The van der Waals surface area contributed by atoms with Crippen molar-refractivity contribution in [3.05, 3.63) is 0 Å². The van der Waals surface area contributed by atoms with Crippen LogP contribution in [0.5, 0.6) is 0 Å². The molecule has 0 amide bonds.